The molecule has 1 unspecified atom stereocenters. The first kappa shape index (κ1) is 16.5. The van der Waals surface area contributed by atoms with E-state index in [1.807, 2.05) is 42.8 Å². The third-order valence-corrected chi connectivity index (χ3v) is 5.10. The van der Waals surface area contributed by atoms with E-state index in [2.05, 4.69) is 15.5 Å². The van der Waals surface area contributed by atoms with E-state index in [-0.39, 0.29) is 11.9 Å². The van der Waals surface area contributed by atoms with Crippen LogP contribution in [-0.4, -0.2) is 49.9 Å². The second-order valence-corrected chi connectivity index (χ2v) is 6.97. The molecule has 1 aromatic carbocycles. The van der Waals surface area contributed by atoms with Crippen LogP contribution in [0.2, 0.25) is 0 Å². The molecule has 2 heterocycles. The lowest BCUT2D eigenvalue weighted by Crippen LogP contribution is -2.39. The number of nitrogens with one attached hydrogen (secondary N) is 1. The summed E-state index contributed by atoms with van der Waals surface area (Å²) < 4.78 is 1.88. The van der Waals surface area contributed by atoms with Gasteiger partial charge in [0.25, 0.3) is 0 Å². The summed E-state index contributed by atoms with van der Waals surface area (Å²) in [6, 6.07) is 7.63. The van der Waals surface area contributed by atoms with Crippen LogP contribution in [-0.2, 0) is 11.8 Å². The lowest BCUT2D eigenvalue weighted by atomic mass is 10.1. The highest BCUT2D eigenvalue weighted by molar-refractivity contribution is 8.00. The number of amides is 3. The fraction of sp³-hybridized carbons (Fsp3) is 0.375. The summed E-state index contributed by atoms with van der Waals surface area (Å²) in [5.41, 5.74) is 2.12. The highest BCUT2D eigenvalue weighted by Crippen LogP contribution is 2.28. The lowest BCUT2D eigenvalue weighted by Gasteiger charge is -2.17. The van der Waals surface area contributed by atoms with Crippen molar-refractivity contribution in [2.45, 2.75) is 24.3 Å². The first-order valence-corrected chi connectivity index (χ1v) is 8.58. The molecule has 0 spiro atoms. The van der Waals surface area contributed by atoms with E-state index in [0.29, 0.717) is 18.2 Å². The van der Waals surface area contributed by atoms with Gasteiger partial charge in [-0.05, 0) is 19.4 Å². The van der Waals surface area contributed by atoms with Crippen LogP contribution < -0.4 is 5.32 Å². The summed E-state index contributed by atoms with van der Waals surface area (Å²) in [7, 11) is 1.88. The van der Waals surface area contributed by atoms with Crippen LogP contribution in [0.25, 0.3) is 11.4 Å². The Morgan fingerprint density at radius 1 is 1.33 bits per heavy atom. The molecule has 1 fully saturated rings. The van der Waals surface area contributed by atoms with Crippen molar-refractivity contribution >= 4 is 23.7 Å². The van der Waals surface area contributed by atoms with Gasteiger partial charge < -0.3 is 9.88 Å². The molecule has 1 atom stereocenters. The number of thioether (sulfide) groups is 1. The van der Waals surface area contributed by atoms with Crippen molar-refractivity contribution in [2.24, 2.45) is 7.05 Å². The number of urea groups is 1. The van der Waals surface area contributed by atoms with E-state index in [4.69, 9.17) is 0 Å². The zero-order valence-corrected chi connectivity index (χ0v) is 14.6. The van der Waals surface area contributed by atoms with Gasteiger partial charge in [-0.1, -0.05) is 36.0 Å². The topological polar surface area (TPSA) is 80.1 Å². The van der Waals surface area contributed by atoms with Crippen molar-refractivity contribution in [2.75, 3.05) is 13.1 Å². The number of benzene rings is 1. The second-order valence-electron chi connectivity index (χ2n) is 5.66. The molecule has 126 valence electrons. The van der Waals surface area contributed by atoms with Gasteiger partial charge in [0.05, 0.1) is 5.25 Å². The number of carbonyl (C=O) groups excluding carboxylic acids is 2. The van der Waals surface area contributed by atoms with E-state index in [1.54, 1.807) is 6.92 Å². The fourth-order valence-corrected chi connectivity index (χ4v) is 3.46. The minimum absolute atomic E-state index is 0.213. The smallest absolute Gasteiger partial charge is 0.324 e. The Hall–Kier alpha value is -2.35. The highest BCUT2D eigenvalue weighted by Gasteiger charge is 2.31. The van der Waals surface area contributed by atoms with Gasteiger partial charge in [0, 0.05) is 25.7 Å². The maximum Gasteiger partial charge on any atom is 0.324 e. The maximum absolute atomic E-state index is 12.4. The average Bonchev–Trinajstić information content (AvgIpc) is 3.14. The molecule has 0 saturated carbocycles. The number of nitrogens with zero attached hydrogens (tertiary/aromatic N) is 4. The summed E-state index contributed by atoms with van der Waals surface area (Å²) in [5, 5.41) is 11.3. The summed E-state index contributed by atoms with van der Waals surface area (Å²) in [6.45, 7) is 4.72. The molecule has 0 aliphatic carbocycles. The summed E-state index contributed by atoms with van der Waals surface area (Å²) in [6.07, 6.45) is 0. The van der Waals surface area contributed by atoms with Gasteiger partial charge in [0.15, 0.2) is 11.0 Å². The van der Waals surface area contributed by atoms with Gasteiger partial charge >= 0.3 is 6.03 Å². The molecule has 1 saturated heterocycles. The van der Waals surface area contributed by atoms with E-state index in [9.17, 15) is 9.59 Å². The normalized spacial score (nSPS) is 15.5. The number of aromatic nitrogens is 3. The second kappa shape index (κ2) is 6.64. The zero-order chi connectivity index (χ0) is 17.3. The average molecular weight is 345 g/mol. The van der Waals surface area contributed by atoms with Crippen LogP contribution in [0.15, 0.2) is 29.4 Å². The third kappa shape index (κ3) is 3.01. The van der Waals surface area contributed by atoms with Gasteiger partial charge in [-0.15, -0.1) is 10.2 Å². The van der Waals surface area contributed by atoms with Crippen molar-refractivity contribution in [3.8, 4) is 11.4 Å². The molecule has 24 heavy (non-hydrogen) atoms. The molecular formula is C16H19N5O2S. The molecule has 3 amide bonds. The molecule has 1 N–H and O–H groups in total. The quantitative estimate of drug-likeness (QED) is 0.855. The first-order valence-electron chi connectivity index (χ1n) is 7.70. The fourth-order valence-electron chi connectivity index (χ4n) is 2.59. The van der Waals surface area contributed by atoms with Crippen LogP contribution in [0.4, 0.5) is 4.79 Å². The van der Waals surface area contributed by atoms with Crippen LogP contribution in [0.3, 0.4) is 0 Å². The van der Waals surface area contributed by atoms with Crippen molar-refractivity contribution in [3.63, 3.8) is 0 Å². The Labute approximate surface area is 144 Å². The van der Waals surface area contributed by atoms with Crippen molar-refractivity contribution in [1.82, 2.24) is 25.0 Å². The zero-order valence-electron chi connectivity index (χ0n) is 13.8. The SMILES string of the molecule is Cc1ccccc1-c1nnc(SC(C)C(=O)N2CCNC2=O)n1C. The van der Waals surface area contributed by atoms with Gasteiger partial charge in [-0.3, -0.25) is 9.69 Å². The minimum atomic E-state index is -0.415. The monoisotopic (exact) mass is 345 g/mol. The van der Waals surface area contributed by atoms with Gasteiger partial charge in [-0.2, -0.15) is 0 Å². The Balaban J connectivity index is 1.78. The Bertz CT molecular complexity index is 789. The van der Waals surface area contributed by atoms with Crippen molar-refractivity contribution in [3.05, 3.63) is 29.8 Å². The summed E-state index contributed by atoms with van der Waals surface area (Å²) >= 11 is 1.31. The third-order valence-electron chi connectivity index (χ3n) is 3.97. The molecule has 1 aliphatic heterocycles. The van der Waals surface area contributed by atoms with Crippen LogP contribution in [0.5, 0.6) is 0 Å². The Morgan fingerprint density at radius 2 is 2.08 bits per heavy atom. The van der Waals surface area contributed by atoms with Crippen LogP contribution in [0.1, 0.15) is 12.5 Å². The number of rotatable bonds is 4. The molecular weight excluding hydrogens is 326 g/mol. The van der Waals surface area contributed by atoms with Gasteiger partial charge in [0.1, 0.15) is 0 Å². The highest BCUT2D eigenvalue weighted by atomic mass is 32.2. The number of carbonyl (C=O) groups is 2. The van der Waals surface area contributed by atoms with Crippen LogP contribution >= 0.6 is 11.8 Å². The molecule has 2 aromatic rings. The molecule has 0 bridgehead atoms. The van der Waals surface area contributed by atoms with E-state index in [1.165, 1.54) is 16.7 Å². The number of aryl methyl sites for hydroxylation is 1. The minimum Gasteiger partial charge on any atom is -0.336 e. The number of hydrogen-bond acceptors (Lipinski definition) is 5. The predicted molar refractivity (Wildman–Crippen MR) is 91.6 cm³/mol. The van der Waals surface area contributed by atoms with Crippen molar-refractivity contribution in [1.29, 1.82) is 0 Å². The van der Waals surface area contributed by atoms with Gasteiger partial charge in [-0.25, -0.2) is 4.79 Å². The number of imide groups is 1. The van der Waals surface area contributed by atoms with E-state index >= 15 is 0 Å². The van der Waals surface area contributed by atoms with Gasteiger partial charge in [0.2, 0.25) is 5.91 Å². The summed E-state index contributed by atoms with van der Waals surface area (Å²) in [5.74, 6) is 0.546. The van der Waals surface area contributed by atoms with E-state index < -0.39 is 5.25 Å². The predicted octanol–water partition coefficient (Wildman–Crippen LogP) is 1.82. The van der Waals surface area contributed by atoms with Crippen LogP contribution in [0, 0.1) is 6.92 Å². The number of hydrogen-bond donors (Lipinski definition) is 1. The molecule has 0 radical (unpaired) electrons. The first-order chi connectivity index (χ1) is 11.5. The molecule has 1 aliphatic rings. The Kier molecular flexibility index (Phi) is 4.57. The largest absolute Gasteiger partial charge is 0.336 e. The summed E-state index contributed by atoms with van der Waals surface area (Å²) in [4.78, 5) is 25.3. The van der Waals surface area contributed by atoms with E-state index in [0.717, 1.165) is 17.0 Å². The lowest BCUT2D eigenvalue weighted by molar-refractivity contribution is -0.126. The van der Waals surface area contributed by atoms with Crippen molar-refractivity contribution < 1.29 is 9.59 Å². The molecule has 3 rings (SSSR count). The maximum atomic E-state index is 12.4. The molecule has 8 heteroatoms. The Morgan fingerprint density at radius 3 is 2.75 bits per heavy atom. The molecule has 7 nitrogen and oxygen atoms in total. The molecule has 1 aromatic heterocycles. The standard InChI is InChI=1S/C16H19N5O2S/c1-10-6-4-5-7-12(10)13-18-19-16(20(13)3)24-11(2)14(22)21-9-8-17-15(21)23/h4-7,11H,8-9H2,1-3H3,(H,17,23).